The zero-order valence-corrected chi connectivity index (χ0v) is 16.1. The zero-order valence-electron chi connectivity index (χ0n) is 16.1. The number of hydrogen-bond acceptors (Lipinski definition) is 4. The van der Waals surface area contributed by atoms with Crippen LogP contribution < -0.4 is 10.6 Å². The number of likely N-dealkylation sites (tertiary alicyclic amines) is 1. The molecule has 0 atom stereocenters. The van der Waals surface area contributed by atoms with Crippen LogP contribution in [0.4, 0.5) is 0 Å². The fraction of sp³-hybridized carbons (Fsp3) is 0.409. The molecule has 1 fully saturated rings. The highest BCUT2D eigenvalue weighted by Crippen LogP contribution is 2.18. The maximum Gasteiger partial charge on any atom is 0.309 e. The third kappa shape index (κ3) is 6.46. The highest BCUT2D eigenvalue weighted by atomic mass is 16.2. The van der Waals surface area contributed by atoms with Gasteiger partial charge in [-0.05, 0) is 55.5 Å². The second-order valence-electron chi connectivity index (χ2n) is 7.28. The van der Waals surface area contributed by atoms with Crippen LogP contribution >= 0.6 is 0 Å². The lowest BCUT2D eigenvalue weighted by molar-refractivity contribution is -0.139. The van der Waals surface area contributed by atoms with Crippen LogP contribution in [-0.4, -0.2) is 47.9 Å². The molecule has 2 N–H and O–H groups in total. The molecule has 6 nitrogen and oxygen atoms in total. The lowest BCUT2D eigenvalue weighted by Crippen LogP contribution is -2.44. The Kier molecular flexibility index (Phi) is 7.55. The van der Waals surface area contributed by atoms with E-state index in [1.807, 2.05) is 42.6 Å². The number of pyridine rings is 1. The molecule has 1 saturated heterocycles. The van der Waals surface area contributed by atoms with Gasteiger partial charge in [-0.2, -0.15) is 0 Å². The van der Waals surface area contributed by atoms with Gasteiger partial charge >= 0.3 is 11.8 Å². The molecule has 6 heteroatoms. The number of aromatic nitrogens is 1. The predicted octanol–water partition coefficient (Wildman–Crippen LogP) is 1.77. The topological polar surface area (TPSA) is 74.3 Å². The molecule has 0 spiro atoms. The van der Waals surface area contributed by atoms with Gasteiger partial charge in [-0.15, -0.1) is 0 Å². The first kappa shape index (κ1) is 20.0. The molecule has 2 aromatic rings. The van der Waals surface area contributed by atoms with Gasteiger partial charge in [-0.1, -0.05) is 36.4 Å². The van der Waals surface area contributed by atoms with Crippen molar-refractivity contribution < 1.29 is 9.59 Å². The first-order valence-electron chi connectivity index (χ1n) is 9.92. The first-order chi connectivity index (χ1) is 13.7. The van der Waals surface area contributed by atoms with Gasteiger partial charge in [0.1, 0.15) is 0 Å². The normalized spacial score (nSPS) is 15.1. The van der Waals surface area contributed by atoms with Gasteiger partial charge in [-0.25, -0.2) is 0 Å². The number of nitrogens with one attached hydrogen (secondary N) is 2. The molecule has 1 aromatic heterocycles. The predicted molar refractivity (Wildman–Crippen MR) is 108 cm³/mol. The number of carbonyl (C=O) groups is 2. The van der Waals surface area contributed by atoms with E-state index in [1.165, 1.54) is 5.56 Å². The highest BCUT2D eigenvalue weighted by molar-refractivity contribution is 6.35. The van der Waals surface area contributed by atoms with Crippen molar-refractivity contribution in [1.82, 2.24) is 20.5 Å². The van der Waals surface area contributed by atoms with E-state index in [0.29, 0.717) is 19.0 Å². The first-order valence-corrected chi connectivity index (χ1v) is 9.92. The van der Waals surface area contributed by atoms with Gasteiger partial charge in [0.15, 0.2) is 0 Å². The number of piperidine rings is 1. The number of carbonyl (C=O) groups excluding carboxylic acids is 2. The van der Waals surface area contributed by atoms with E-state index in [0.717, 1.165) is 44.5 Å². The Morgan fingerprint density at radius 2 is 1.68 bits per heavy atom. The second-order valence-corrected chi connectivity index (χ2v) is 7.28. The molecule has 3 rings (SSSR count). The Balaban J connectivity index is 1.30. The summed E-state index contributed by atoms with van der Waals surface area (Å²) >= 11 is 0. The van der Waals surface area contributed by atoms with Crippen LogP contribution in [0.2, 0.25) is 0 Å². The summed E-state index contributed by atoms with van der Waals surface area (Å²) < 4.78 is 0. The van der Waals surface area contributed by atoms with E-state index in [9.17, 15) is 9.59 Å². The standard InChI is InChI=1S/C22H28N4O2/c27-21(24-12-8-18-5-2-1-3-6-18)22(28)25-16-19-9-13-26(14-10-19)17-20-7-4-11-23-15-20/h1-7,11,15,19H,8-10,12-14,16-17H2,(H,24,27)(H,25,28). The maximum absolute atomic E-state index is 12.0. The van der Waals surface area contributed by atoms with Crippen molar-refractivity contribution in [1.29, 1.82) is 0 Å². The minimum atomic E-state index is -0.551. The van der Waals surface area contributed by atoms with Crippen LogP contribution in [0.3, 0.4) is 0 Å². The second kappa shape index (κ2) is 10.6. The average Bonchev–Trinajstić information content (AvgIpc) is 2.74. The summed E-state index contributed by atoms with van der Waals surface area (Å²) in [6, 6.07) is 14.0. The Labute approximate surface area is 166 Å². The van der Waals surface area contributed by atoms with Crippen molar-refractivity contribution >= 4 is 11.8 Å². The highest BCUT2D eigenvalue weighted by Gasteiger charge is 2.21. The van der Waals surface area contributed by atoms with E-state index >= 15 is 0 Å². The SMILES string of the molecule is O=C(NCCc1ccccc1)C(=O)NCC1CCN(Cc2cccnc2)CC1. The third-order valence-electron chi connectivity index (χ3n) is 5.14. The Hall–Kier alpha value is -2.73. The molecular weight excluding hydrogens is 352 g/mol. The molecule has 148 valence electrons. The summed E-state index contributed by atoms with van der Waals surface area (Å²) in [5.74, 6) is -0.665. The van der Waals surface area contributed by atoms with Gasteiger partial charge < -0.3 is 10.6 Å². The smallest absolute Gasteiger partial charge is 0.309 e. The van der Waals surface area contributed by atoms with E-state index < -0.39 is 11.8 Å². The van der Waals surface area contributed by atoms with Crippen LogP contribution in [0.5, 0.6) is 0 Å². The van der Waals surface area contributed by atoms with Crippen LogP contribution in [0.15, 0.2) is 54.9 Å². The number of hydrogen-bond donors (Lipinski definition) is 2. The van der Waals surface area contributed by atoms with Gasteiger partial charge in [0.2, 0.25) is 0 Å². The molecule has 0 aliphatic carbocycles. The maximum atomic E-state index is 12.0. The fourth-order valence-electron chi connectivity index (χ4n) is 3.46. The number of amides is 2. The lowest BCUT2D eigenvalue weighted by atomic mass is 9.96. The van der Waals surface area contributed by atoms with Crippen molar-refractivity contribution in [3.63, 3.8) is 0 Å². The molecular formula is C22H28N4O2. The summed E-state index contributed by atoms with van der Waals surface area (Å²) in [5, 5.41) is 5.47. The summed E-state index contributed by atoms with van der Waals surface area (Å²) in [6.07, 6.45) is 6.46. The Bertz CT molecular complexity index is 744. The molecule has 0 saturated carbocycles. The number of nitrogens with zero attached hydrogens (tertiary/aromatic N) is 2. The van der Waals surface area contributed by atoms with Crippen molar-refractivity contribution in [2.24, 2.45) is 5.92 Å². The van der Waals surface area contributed by atoms with E-state index in [1.54, 1.807) is 6.20 Å². The summed E-state index contributed by atoms with van der Waals surface area (Å²) in [5.41, 5.74) is 2.36. The van der Waals surface area contributed by atoms with E-state index in [-0.39, 0.29) is 0 Å². The Morgan fingerprint density at radius 3 is 2.39 bits per heavy atom. The van der Waals surface area contributed by atoms with Crippen LogP contribution in [0.1, 0.15) is 24.0 Å². The molecule has 2 amide bonds. The number of benzene rings is 1. The van der Waals surface area contributed by atoms with Crippen molar-refractivity contribution in [3.05, 3.63) is 66.0 Å². The van der Waals surface area contributed by atoms with Crippen LogP contribution in [-0.2, 0) is 22.6 Å². The molecule has 0 bridgehead atoms. The molecule has 1 aliphatic heterocycles. The van der Waals surface area contributed by atoms with E-state index in [2.05, 4.69) is 26.6 Å². The molecule has 28 heavy (non-hydrogen) atoms. The number of rotatable bonds is 7. The molecule has 2 heterocycles. The quantitative estimate of drug-likeness (QED) is 0.718. The van der Waals surface area contributed by atoms with Gasteiger partial charge in [-0.3, -0.25) is 19.5 Å². The van der Waals surface area contributed by atoms with Crippen molar-refractivity contribution in [3.8, 4) is 0 Å². The summed E-state index contributed by atoms with van der Waals surface area (Å²) in [7, 11) is 0. The van der Waals surface area contributed by atoms with Crippen LogP contribution in [0, 0.1) is 5.92 Å². The minimum Gasteiger partial charge on any atom is -0.348 e. The molecule has 0 radical (unpaired) electrons. The van der Waals surface area contributed by atoms with Crippen molar-refractivity contribution in [2.75, 3.05) is 26.2 Å². The largest absolute Gasteiger partial charge is 0.348 e. The summed E-state index contributed by atoms with van der Waals surface area (Å²) in [4.78, 5) is 30.5. The average molecular weight is 380 g/mol. The van der Waals surface area contributed by atoms with Crippen LogP contribution in [0.25, 0.3) is 0 Å². The molecule has 0 unspecified atom stereocenters. The van der Waals surface area contributed by atoms with Crippen molar-refractivity contribution in [2.45, 2.75) is 25.8 Å². The summed E-state index contributed by atoms with van der Waals surface area (Å²) in [6.45, 7) is 3.93. The fourth-order valence-corrected chi connectivity index (χ4v) is 3.46. The minimum absolute atomic E-state index is 0.422. The zero-order chi connectivity index (χ0) is 19.6. The molecule has 1 aromatic carbocycles. The van der Waals surface area contributed by atoms with Gasteiger partial charge in [0, 0.05) is 32.0 Å². The monoisotopic (exact) mass is 380 g/mol. The van der Waals surface area contributed by atoms with Gasteiger partial charge in [0.25, 0.3) is 0 Å². The molecule has 1 aliphatic rings. The van der Waals surface area contributed by atoms with Gasteiger partial charge in [0.05, 0.1) is 0 Å². The Morgan fingerprint density at radius 1 is 0.964 bits per heavy atom. The third-order valence-corrected chi connectivity index (χ3v) is 5.14. The lowest BCUT2D eigenvalue weighted by Gasteiger charge is -2.31. The van der Waals surface area contributed by atoms with E-state index in [4.69, 9.17) is 0 Å².